The smallest absolute Gasteiger partial charge is 0.396 e. The van der Waals surface area contributed by atoms with Gasteiger partial charge in [-0.05, 0) is 6.42 Å². The van der Waals surface area contributed by atoms with Crippen LogP contribution in [0.2, 0.25) is 0 Å². The number of rotatable bonds is 6. The zero-order valence-corrected chi connectivity index (χ0v) is 8.36. The Kier molecular flexibility index (Phi) is 4.16. The molecule has 1 aromatic heterocycles. The Balaban J connectivity index is 2.42. The molecule has 0 amide bonds. The van der Waals surface area contributed by atoms with Gasteiger partial charge in [-0.3, -0.25) is 0 Å². The van der Waals surface area contributed by atoms with E-state index >= 15 is 0 Å². The van der Waals surface area contributed by atoms with Crippen LogP contribution in [0.1, 0.15) is 43.3 Å². The molecule has 0 aliphatic rings. The van der Waals surface area contributed by atoms with Gasteiger partial charge in [0.15, 0.2) is 18.8 Å². The van der Waals surface area contributed by atoms with E-state index in [1.165, 1.54) is 19.1 Å². The molecule has 0 unspecified atom stereocenters. The van der Waals surface area contributed by atoms with Crippen LogP contribution in [0.15, 0.2) is 16.9 Å². The summed E-state index contributed by atoms with van der Waals surface area (Å²) in [5, 5.41) is 10.5. The number of carboxylic acids is 1. The maximum atomic E-state index is 10.5. The van der Waals surface area contributed by atoms with Crippen molar-refractivity contribution in [3.63, 3.8) is 0 Å². The molecular weight excluding hydrogens is 182 g/mol. The molecule has 1 aromatic rings. The second-order valence-electron chi connectivity index (χ2n) is 3.25. The molecule has 0 aliphatic heterocycles. The third-order valence-corrected chi connectivity index (χ3v) is 2.11. The van der Waals surface area contributed by atoms with Crippen LogP contribution < -0.4 is 9.67 Å². The second-order valence-corrected chi connectivity index (χ2v) is 3.25. The van der Waals surface area contributed by atoms with E-state index in [1.807, 2.05) is 0 Å². The van der Waals surface area contributed by atoms with Crippen molar-refractivity contribution in [2.24, 2.45) is 0 Å². The van der Waals surface area contributed by atoms with Gasteiger partial charge in [-0.1, -0.05) is 19.8 Å². The molecule has 78 valence electrons. The summed E-state index contributed by atoms with van der Waals surface area (Å²) in [6.45, 7) is 2.82. The summed E-state index contributed by atoms with van der Waals surface area (Å²) in [5.74, 6) is -1.35. The molecule has 0 aliphatic carbocycles. The number of hydrogen-bond acceptors (Lipinski definition) is 3. The highest BCUT2D eigenvalue weighted by Gasteiger charge is 2.14. The summed E-state index contributed by atoms with van der Waals surface area (Å²) in [6, 6.07) is 0. The Hall–Kier alpha value is -1.32. The molecule has 0 fully saturated rings. The lowest BCUT2D eigenvalue weighted by Gasteiger charge is -1.97. The van der Waals surface area contributed by atoms with Crippen molar-refractivity contribution < 1.29 is 18.9 Å². The number of aromatic nitrogens is 1. The summed E-state index contributed by atoms with van der Waals surface area (Å²) in [5.41, 5.74) is 0. The van der Waals surface area contributed by atoms with Crippen molar-refractivity contribution in [3.05, 3.63) is 18.4 Å². The summed E-state index contributed by atoms with van der Waals surface area (Å²) >= 11 is 0. The highest BCUT2D eigenvalue weighted by atomic mass is 16.4. The maximum Gasteiger partial charge on any atom is 0.396 e. The molecule has 0 bridgehead atoms. The third-order valence-electron chi connectivity index (χ3n) is 2.11. The number of hydrogen-bond donors (Lipinski definition) is 0. The highest BCUT2D eigenvalue weighted by Crippen LogP contribution is 1.99. The fourth-order valence-electron chi connectivity index (χ4n) is 1.35. The quantitative estimate of drug-likeness (QED) is 0.493. The molecule has 0 N–H and O–H groups in total. The van der Waals surface area contributed by atoms with Gasteiger partial charge in [0.05, 0.1) is 0 Å². The SMILES string of the molecule is CCCCCC[n+]1ccoc1C(=O)[O-]. The van der Waals surface area contributed by atoms with E-state index in [0.29, 0.717) is 6.54 Å². The van der Waals surface area contributed by atoms with E-state index in [0.717, 1.165) is 12.8 Å². The molecule has 4 heteroatoms. The van der Waals surface area contributed by atoms with Crippen LogP contribution in [0.4, 0.5) is 0 Å². The molecule has 4 nitrogen and oxygen atoms in total. The first-order valence-corrected chi connectivity index (χ1v) is 4.94. The number of carbonyl (C=O) groups excluding carboxylic acids is 1. The van der Waals surface area contributed by atoms with Crippen LogP contribution in [0, 0.1) is 0 Å². The molecule has 0 radical (unpaired) electrons. The molecule has 0 aromatic carbocycles. The zero-order valence-electron chi connectivity index (χ0n) is 8.36. The molecular formula is C10H15NO3. The molecule has 0 saturated carbocycles. The normalized spacial score (nSPS) is 10.4. The van der Waals surface area contributed by atoms with Crippen molar-refractivity contribution in [3.8, 4) is 0 Å². The maximum absolute atomic E-state index is 10.5. The second kappa shape index (κ2) is 5.42. The standard InChI is InChI=1S/C10H15NO3/c1-2-3-4-5-6-11-7-8-14-9(11)10(12)13/h7-8H,2-6H2,1H3. The molecule has 0 saturated heterocycles. The van der Waals surface area contributed by atoms with Crippen molar-refractivity contribution in [1.29, 1.82) is 0 Å². The van der Waals surface area contributed by atoms with E-state index in [1.54, 1.807) is 10.8 Å². The Labute approximate surface area is 83.2 Å². The summed E-state index contributed by atoms with van der Waals surface area (Å²) < 4.78 is 6.36. The molecule has 0 spiro atoms. The molecule has 1 rings (SSSR count). The van der Waals surface area contributed by atoms with Gasteiger partial charge in [0.1, 0.15) is 0 Å². The highest BCUT2D eigenvalue weighted by molar-refractivity contribution is 5.78. The van der Waals surface area contributed by atoms with Crippen LogP contribution in [0.25, 0.3) is 0 Å². The average molecular weight is 197 g/mol. The van der Waals surface area contributed by atoms with Crippen LogP contribution in [0.3, 0.4) is 0 Å². The lowest BCUT2D eigenvalue weighted by atomic mass is 10.2. The minimum absolute atomic E-state index is 0.0958. The Morgan fingerprint density at radius 3 is 2.93 bits per heavy atom. The van der Waals surface area contributed by atoms with E-state index < -0.39 is 5.97 Å². The number of aryl methyl sites for hydroxylation is 1. The molecule has 14 heavy (non-hydrogen) atoms. The predicted octanol–water partition coefficient (Wildman–Crippen LogP) is 0.511. The fourth-order valence-corrected chi connectivity index (χ4v) is 1.35. The van der Waals surface area contributed by atoms with Crippen molar-refractivity contribution >= 4 is 5.97 Å². The average Bonchev–Trinajstić information content (AvgIpc) is 2.60. The number of oxazole rings is 1. The number of nitrogens with zero attached hydrogens (tertiary/aromatic N) is 1. The van der Waals surface area contributed by atoms with Gasteiger partial charge in [-0.25, -0.2) is 0 Å². The Morgan fingerprint density at radius 1 is 1.50 bits per heavy atom. The minimum atomic E-state index is -1.26. The van der Waals surface area contributed by atoms with E-state index in [2.05, 4.69) is 6.92 Å². The topological polar surface area (TPSA) is 57.2 Å². The first kappa shape index (κ1) is 10.8. The molecule has 1 heterocycles. The first-order valence-electron chi connectivity index (χ1n) is 4.94. The van der Waals surface area contributed by atoms with Gasteiger partial charge in [0, 0.05) is 6.42 Å². The first-order chi connectivity index (χ1) is 6.75. The van der Waals surface area contributed by atoms with Gasteiger partial charge in [0.2, 0.25) is 6.20 Å². The Bertz CT molecular complexity index is 293. The van der Waals surface area contributed by atoms with Crippen LogP contribution in [-0.2, 0) is 6.54 Å². The number of carbonyl (C=O) groups is 1. The summed E-state index contributed by atoms with van der Waals surface area (Å²) in [4.78, 5) is 10.5. The zero-order chi connectivity index (χ0) is 10.4. The van der Waals surface area contributed by atoms with Gasteiger partial charge in [0.25, 0.3) is 0 Å². The van der Waals surface area contributed by atoms with Crippen molar-refractivity contribution in [2.75, 3.05) is 0 Å². The molecule has 0 atom stereocenters. The number of aromatic carboxylic acids is 1. The van der Waals surface area contributed by atoms with Crippen LogP contribution in [0.5, 0.6) is 0 Å². The number of unbranched alkanes of at least 4 members (excludes halogenated alkanes) is 3. The fraction of sp³-hybridized carbons (Fsp3) is 0.600. The monoisotopic (exact) mass is 197 g/mol. The number of carboxylic acid groups (broad SMARTS) is 1. The predicted molar refractivity (Wildman–Crippen MR) is 47.4 cm³/mol. The Morgan fingerprint density at radius 2 is 2.29 bits per heavy atom. The van der Waals surface area contributed by atoms with E-state index in [9.17, 15) is 9.90 Å². The third kappa shape index (κ3) is 2.87. The lowest BCUT2D eigenvalue weighted by Crippen LogP contribution is -2.42. The van der Waals surface area contributed by atoms with Gasteiger partial charge in [-0.15, -0.1) is 0 Å². The van der Waals surface area contributed by atoms with E-state index in [-0.39, 0.29) is 5.89 Å². The minimum Gasteiger partial charge on any atom is -0.537 e. The van der Waals surface area contributed by atoms with Crippen molar-refractivity contribution in [1.82, 2.24) is 0 Å². The summed E-state index contributed by atoms with van der Waals surface area (Å²) in [6.07, 6.45) is 7.42. The van der Waals surface area contributed by atoms with Crippen LogP contribution >= 0.6 is 0 Å². The largest absolute Gasteiger partial charge is 0.537 e. The van der Waals surface area contributed by atoms with Crippen LogP contribution in [-0.4, -0.2) is 5.97 Å². The van der Waals surface area contributed by atoms with Gasteiger partial charge in [-0.2, -0.15) is 4.57 Å². The van der Waals surface area contributed by atoms with Gasteiger partial charge >= 0.3 is 5.89 Å². The van der Waals surface area contributed by atoms with E-state index in [4.69, 9.17) is 4.42 Å². The lowest BCUT2D eigenvalue weighted by molar-refractivity contribution is -0.704. The summed E-state index contributed by atoms with van der Waals surface area (Å²) in [7, 11) is 0. The van der Waals surface area contributed by atoms with Crippen molar-refractivity contribution in [2.45, 2.75) is 39.2 Å². The van der Waals surface area contributed by atoms with Gasteiger partial charge < -0.3 is 14.3 Å².